The van der Waals surface area contributed by atoms with Gasteiger partial charge < -0.3 is 15.1 Å². The summed E-state index contributed by atoms with van der Waals surface area (Å²) >= 11 is 6.17. The van der Waals surface area contributed by atoms with Crippen molar-refractivity contribution >= 4 is 17.3 Å². The van der Waals surface area contributed by atoms with Crippen molar-refractivity contribution in [3.63, 3.8) is 0 Å². The van der Waals surface area contributed by atoms with E-state index in [9.17, 15) is 10.2 Å². The molecule has 1 aromatic carbocycles. The van der Waals surface area contributed by atoms with Gasteiger partial charge in [-0.2, -0.15) is 0 Å². The molecule has 3 nitrogen and oxygen atoms in total. The zero-order valence-corrected chi connectivity index (χ0v) is 11.6. The first kappa shape index (κ1) is 13.7. The number of aliphatic hydroxyl groups excluding tert-OH is 2. The van der Waals surface area contributed by atoms with E-state index in [1.54, 1.807) is 6.92 Å². The van der Waals surface area contributed by atoms with Crippen LogP contribution in [0.15, 0.2) is 18.2 Å². The van der Waals surface area contributed by atoms with Crippen LogP contribution in [0.4, 0.5) is 5.69 Å². The molecule has 1 saturated heterocycles. The monoisotopic (exact) mass is 269 g/mol. The molecule has 0 spiro atoms. The Balaban J connectivity index is 2.17. The molecule has 0 bridgehead atoms. The number of hydrogen-bond acceptors (Lipinski definition) is 3. The Morgan fingerprint density at radius 1 is 1.44 bits per heavy atom. The van der Waals surface area contributed by atoms with Gasteiger partial charge in [-0.05, 0) is 37.0 Å². The van der Waals surface area contributed by atoms with Gasteiger partial charge in [-0.25, -0.2) is 0 Å². The summed E-state index contributed by atoms with van der Waals surface area (Å²) in [5.74, 6) is 0.272. The molecule has 2 rings (SSSR count). The second kappa shape index (κ2) is 5.47. The molecule has 0 radical (unpaired) electrons. The van der Waals surface area contributed by atoms with Gasteiger partial charge in [0.1, 0.15) is 0 Å². The van der Waals surface area contributed by atoms with E-state index < -0.39 is 6.10 Å². The fraction of sp³-hybridized carbons (Fsp3) is 0.571. The van der Waals surface area contributed by atoms with Crippen LogP contribution in [0.5, 0.6) is 0 Å². The van der Waals surface area contributed by atoms with Crippen LogP contribution < -0.4 is 4.90 Å². The maximum absolute atomic E-state index is 9.73. The largest absolute Gasteiger partial charge is 0.393 e. The summed E-state index contributed by atoms with van der Waals surface area (Å²) in [7, 11) is 0. The summed E-state index contributed by atoms with van der Waals surface area (Å²) in [5.41, 5.74) is 1.81. The van der Waals surface area contributed by atoms with Gasteiger partial charge in [0.05, 0.1) is 12.2 Å². The van der Waals surface area contributed by atoms with Crippen molar-refractivity contribution in [3.05, 3.63) is 28.8 Å². The molecule has 2 N–H and O–H groups in total. The lowest BCUT2D eigenvalue weighted by atomic mass is 9.96. The Kier molecular flexibility index (Phi) is 4.15. The molecule has 1 aliphatic heterocycles. The van der Waals surface area contributed by atoms with Gasteiger partial charge in [0, 0.05) is 23.8 Å². The van der Waals surface area contributed by atoms with Gasteiger partial charge in [0.15, 0.2) is 0 Å². The molecule has 18 heavy (non-hydrogen) atoms. The summed E-state index contributed by atoms with van der Waals surface area (Å²) in [4.78, 5) is 2.23. The molecule has 3 atom stereocenters. The number of piperidine rings is 1. The summed E-state index contributed by atoms with van der Waals surface area (Å²) in [5, 5.41) is 19.9. The molecule has 0 aromatic heterocycles. The highest BCUT2D eigenvalue weighted by molar-refractivity contribution is 6.31. The predicted molar refractivity (Wildman–Crippen MR) is 74.1 cm³/mol. The highest BCUT2D eigenvalue weighted by Gasteiger charge is 2.24. The average molecular weight is 270 g/mol. The van der Waals surface area contributed by atoms with Crippen molar-refractivity contribution in [2.75, 3.05) is 18.0 Å². The van der Waals surface area contributed by atoms with E-state index in [2.05, 4.69) is 11.8 Å². The van der Waals surface area contributed by atoms with Gasteiger partial charge in [-0.1, -0.05) is 24.6 Å². The molecule has 4 heteroatoms. The Hall–Kier alpha value is -0.770. The molecule has 0 amide bonds. The SMILES string of the molecule is CC(O)c1ccc(N2CCC(O)C(C)C2)cc1Cl. The zero-order chi connectivity index (χ0) is 13.3. The van der Waals surface area contributed by atoms with E-state index in [0.717, 1.165) is 30.8 Å². The molecule has 1 aliphatic rings. The number of benzene rings is 1. The minimum Gasteiger partial charge on any atom is -0.393 e. The van der Waals surface area contributed by atoms with Crippen molar-refractivity contribution in [1.29, 1.82) is 0 Å². The highest BCUT2D eigenvalue weighted by atomic mass is 35.5. The first-order valence-corrected chi connectivity index (χ1v) is 6.77. The lowest BCUT2D eigenvalue weighted by Gasteiger charge is -2.36. The molecule has 1 aromatic rings. The minimum absolute atomic E-state index is 0.201. The first-order valence-electron chi connectivity index (χ1n) is 6.39. The van der Waals surface area contributed by atoms with Crippen molar-refractivity contribution < 1.29 is 10.2 Å². The number of hydrogen-bond donors (Lipinski definition) is 2. The van der Waals surface area contributed by atoms with E-state index in [0.29, 0.717) is 5.02 Å². The molecule has 0 saturated carbocycles. The molecule has 1 fully saturated rings. The van der Waals surface area contributed by atoms with Gasteiger partial charge in [0.2, 0.25) is 0 Å². The molecule has 100 valence electrons. The summed E-state index contributed by atoms with van der Waals surface area (Å²) in [6.07, 6.45) is 0.0406. The minimum atomic E-state index is -0.548. The second-order valence-electron chi connectivity index (χ2n) is 5.16. The smallest absolute Gasteiger partial charge is 0.0776 e. The van der Waals surface area contributed by atoms with Gasteiger partial charge in [0.25, 0.3) is 0 Å². The quantitative estimate of drug-likeness (QED) is 0.867. The van der Waals surface area contributed by atoms with Crippen LogP contribution in [0.2, 0.25) is 5.02 Å². The van der Waals surface area contributed by atoms with Gasteiger partial charge in [-0.3, -0.25) is 0 Å². The molecular weight excluding hydrogens is 250 g/mol. The lowest BCUT2D eigenvalue weighted by molar-refractivity contribution is 0.0971. The second-order valence-corrected chi connectivity index (χ2v) is 5.57. The van der Waals surface area contributed by atoms with Crippen molar-refractivity contribution in [2.24, 2.45) is 5.92 Å². The fourth-order valence-electron chi connectivity index (χ4n) is 2.42. The normalized spacial score (nSPS) is 26.2. The van der Waals surface area contributed by atoms with Crippen LogP contribution >= 0.6 is 11.6 Å². The topological polar surface area (TPSA) is 43.7 Å². The number of rotatable bonds is 2. The van der Waals surface area contributed by atoms with Crippen molar-refractivity contribution in [1.82, 2.24) is 0 Å². The third-order valence-corrected chi connectivity index (χ3v) is 3.99. The van der Waals surface area contributed by atoms with Gasteiger partial charge in [-0.15, -0.1) is 0 Å². The zero-order valence-electron chi connectivity index (χ0n) is 10.8. The Labute approximate surface area is 113 Å². The van der Waals surface area contributed by atoms with Crippen LogP contribution in [-0.4, -0.2) is 29.4 Å². The van der Waals surface area contributed by atoms with E-state index in [1.807, 2.05) is 18.2 Å². The van der Waals surface area contributed by atoms with Crippen LogP contribution in [0.25, 0.3) is 0 Å². The van der Waals surface area contributed by atoms with Crippen LogP contribution in [0.3, 0.4) is 0 Å². The van der Waals surface area contributed by atoms with Crippen LogP contribution in [-0.2, 0) is 0 Å². The Morgan fingerprint density at radius 3 is 2.72 bits per heavy atom. The highest BCUT2D eigenvalue weighted by Crippen LogP contribution is 2.30. The van der Waals surface area contributed by atoms with Crippen molar-refractivity contribution in [3.8, 4) is 0 Å². The van der Waals surface area contributed by atoms with Crippen LogP contribution in [0, 0.1) is 5.92 Å². The number of halogens is 1. The third-order valence-electron chi connectivity index (χ3n) is 3.66. The fourth-order valence-corrected chi connectivity index (χ4v) is 2.75. The van der Waals surface area contributed by atoms with Crippen molar-refractivity contribution in [2.45, 2.75) is 32.5 Å². The lowest BCUT2D eigenvalue weighted by Crippen LogP contribution is -2.41. The molecule has 1 heterocycles. The van der Waals surface area contributed by atoms with Gasteiger partial charge >= 0.3 is 0 Å². The average Bonchev–Trinajstić information content (AvgIpc) is 2.32. The Morgan fingerprint density at radius 2 is 2.17 bits per heavy atom. The summed E-state index contributed by atoms with van der Waals surface area (Å²) < 4.78 is 0. The molecule has 0 aliphatic carbocycles. The maximum atomic E-state index is 9.73. The number of nitrogens with zero attached hydrogens (tertiary/aromatic N) is 1. The van der Waals surface area contributed by atoms with E-state index in [1.165, 1.54) is 0 Å². The van der Waals surface area contributed by atoms with Crippen LogP contribution in [0.1, 0.15) is 31.9 Å². The number of aliphatic hydroxyl groups is 2. The first-order chi connectivity index (χ1) is 8.49. The van der Waals surface area contributed by atoms with E-state index in [-0.39, 0.29) is 12.0 Å². The molecular formula is C14H20ClNO2. The number of anilines is 1. The summed E-state index contributed by atoms with van der Waals surface area (Å²) in [6, 6.07) is 5.75. The standard InChI is InChI=1S/C14H20ClNO2/c1-9-8-16(6-5-14(9)18)11-3-4-12(10(2)17)13(15)7-11/h3-4,7,9-10,14,17-18H,5-6,8H2,1-2H3. The van der Waals surface area contributed by atoms with E-state index >= 15 is 0 Å². The third kappa shape index (κ3) is 2.79. The Bertz CT molecular complexity index is 422. The molecule has 3 unspecified atom stereocenters. The summed E-state index contributed by atoms with van der Waals surface area (Å²) in [6.45, 7) is 5.45. The predicted octanol–water partition coefficient (Wildman–Crippen LogP) is 2.60. The van der Waals surface area contributed by atoms with E-state index in [4.69, 9.17) is 11.6 Å². The maximum Gasteiger partial charge on any atom is 0.0776 e.